The molecule has 1 aromatic carbocycles. The molecule has 0 spiro atoms. The third-order valence-electron chi connectivity index (χ3n) is 5.22. The molecule has 4 heteroatoms. The quantitative estimate of drug-likeness (QED) is 0.732. The first kappa shape index (κ1) is 16.2. The summed E-state index contributed by atoms with van der Waals surface area (Å²) < 4.78 is 17.2. The van der Waals surface area contributed by atoms with E-state index in [0.29, 0.717) is 6.47 Å². The molecule has 2 fully saturated rings. The predicted octanol–water partition coefficient (Wildman–Crippen LogP) is 4.35. The van der Waals surface area contributed by atoms with Crippen LogP contribution in [0.4, 0.5) is 0 Å². The molecule has 0 unspecified atom stereocenters. The lowest BCUT2D eigenvalue weighted by Gasteiger charge is -2.36. The van der Waals surface area contributed by atoms with E-state index < -0.39 is 5.60 Å². The number of rotatable bonds is 6. The van der Waals surface area contributed by atoms with E-state index in [1.54, 1.807) is 7.11 Å². The van der Waals surface area contributed by atoms with Crippen LogP contribution in [0.1, 0.15) is 63.4 Å². The fraction of sp³-hybridized carbons (Fsp3) is 0.632. The Labute approximate surface area is 138 Å². The first-order valence-electron chi connectivity index (χ1n) is 8.74. The summed E-state index contributed by atoms with van der Waals surface area (Å²) in [5, 5.41) is 0. The average molecular weight is 318 g/mol. The van der Waals surface area contributed by atoms with E-state index in [-0.39, 0.29) is 6.10 Å². The van der Waals surface area contributed by atoms with Gasteiger partial charge in [0.2, 0.25) is 0 Å². The Hall–Kier alpha value is -1.71. The van der Waals surface area contributed by atoms with Gasteiger partial charge in [0.05, 0.1) is 13.2 Å². The van der Waals surface area contributed by atoms with Crippen molar-refractivity contribution in [3.63, 3.8) is 0 Å². The lowest BCUT2D eigenvalue weighted by molar-refractivity contribution is -0.148. The Morgan fingerprint density at radius 2 is 1.78 bits per heavy atom. The summed E-state index contributed by atoms with van der Waals surface area (Å²) in [6.07, 6.45) is 10.0. The maximum absolute atomic E-state index is 11.1. The molecule has 3 rings (SSSR count). The molecule has 0 saturated heterocycles. The molecule has 2 saturated carbocycles. The van der Waals surface area contributed by atoms with Gasteiger partial charge in [-0.3, -0.25) is 4.79 Å². The van der Waals surface area contributed by atoms with Crippen LogP contribution in [-0.2, 0) is 15.1 Å². The highest BCUT2D eigenvalue weighted by Crippen LogP contribution is 2.43. The van der Waals surface area contributed by atoms with E-state index in [9.17, 15) is 4.79 Å². The molecule has 1 aromatic rings. The Morgan fingerprint density at radius 3 is 2.43 bits per heavy atom. The molecule has 4 nitrogen and oxygen atoms in total. The van der Waals surface area contributed by atoms with Gasteiger partial charge in [-0.1, -0.05) is 12.5 Å². The third kappa shape index (κ3) is 3.46. The zero-order valence-electron chi connectivity index (χ0n) is 13.9. The highest BCUT2D eigenvalue weighted by molar-refractivity contribution is 5.47. The normalized spacial score (nSPS) is 20.9. The number of carbonyl (C=O) groups is 1. The molecule has 0 atom stereocenters. The van der Waals surface area contributed by atoms with Crippen molar-refractivity contribution in [3.05, 3.63) is 23.8 Å². The first-order valence-corrected chi connectivity index (χ1v) is 8.74. The second-order valence-corrected chi connectivity index (χ2v) is 6.66. The molecular formula is C19H26O4. The first-order chi connectivity index (χ1) is 11.3. The molecule has 2 aliphatic rings. The summed E-state index contributed by atoms with van der Waals surface area (Å²) in [6.45, 7) is 0.590. The van der Waals surface area contributed by atoms with Crippen LogP contribution in [0, 0.1) is 0 Å². The topological polar surface area (TPSA) is 44.8 Å². The lowest BCUT2D eigenvalue weighted by atomic mass is 9.79. The average Bonchev–Trinajstić information content (AvgIpc) is 3.09. The summed E-state index contributed by atoms with van der Waals surface area (Å²) in [6, 6.07) is 5.96. The molecule has 126 valence electrons. The van der Waals surface area contributed by atoms with Crippen molar-refractivity contribution in [2.75, 3.05) is 7.11 Å². The molecular weight excluding hydrogens is 292 g/mol. The van der Waals surface area contributed by atoms with Crippen LogP contribution in [0.2, 0.25) is 0 Å². The van der Waals surface area contributed by atoms with Gasteiger partial charge >= 0.3 is 0 Å². The fourth-order valence-corrected chi connectivity index (χ4v) is 3.93. The fourth-order valence-electron chi connectivity index (χ4n) is 3.93. The van der Waals surface area contributed by atoms with Crippen LogP contribution in [-0.4, -0.2) is 19.7 Å². The zero-order valence-corrected chi connectivity index (χ0v) is 13.9. The summed E-state index contributed by atoms with van der Waals surface area (Å²) in [4.78, 5) is 11.1. The number of benzene rings is 1. The van der Waals surface area contributed by atoms with Crippen molar-refractivity contribution >= 4 is 6.47 Å². The lowest BCUT2D eigenvalue weighted by Crippen LogP contribution is -2.32. The predicted molar refractivity (Wildman–Crippen MR) is 87.8 cm³/mol. The molecule has 0 amide bonds. The van der Waals surface area contributed by atoms with Gasteiger partial charge in [0.15, 0.2) is 11.5 Å². The van der Waals surface area contributed by atoms with Gasteiger partial charge in [0, 0.05) is 0 Å². The summed E-state index contributed by atoms with van der Waals surface area (Å²) in [7, 11) is 1.66. The number of carbonyl (C=O) groups excluding carboxylic acids is 1. The van der Waals surface area contributed by atoms with E-state index >= 15 is 0 Å². The highest BCUT2D eigenvalue weighted by atomic mass is 16.5. The molecule has 23 heavy (non-hydrogen) atoms. The Bertz CT molecular complexity index is 528. The van der Waals surface area contributed by atoms with E-state index in [1.807, 2.05) is 18.2 Å². The van der Waals surface area contributed by atoms with Crippen LogP contribution in [0.15, 0.2) is 18.2 Å². The minimum atomic E-state index is -0.500. The van der Waals surface area contributed by atoms with Crippen molar-refractivity contribution < 1.29 is 19.0 Å². The van der Waals surface area contributed by atoms with Gasteiger partial charge < -0.3 is 14.2 Å². The molecule has 2 aliphatic carbocycles. The van der Waals surface area contributed by atoms with Crippen molar-refractivity contribution in [1.82, 2.24) is 0 Å². The van der Waals surface area contributed by atoms with Crippen molar-refractivity contribution in [2.24, 2.45) is 0 Å². The van der Waals surface area contributed by atoms with Gasteiger partial charge in [0.25, 0.3) is 6.47 Å². The second kappa shape index (κ2) is 7.24. The number of hydrogen-bond donors (Lipinski definition) is 0. The Morgan fingerprint density at radius 1 is 1.04 bits per heavy atom. The summed E-state index contributed by atoms with van der Waals surface area (Å²) >= 11 is 0. The van der Waals surface area contributed by atoms with Crippen LogP contribution >= 0.6 is 0 Å². The van der Waals surface area contributed by atoms with E-state index in [4.69, 9.17) is 14.2 Å². The van der Waals surface area contributed by atoms with Gasteiger partial charge in [0.1, 0.15) is 5.60 Å². The van der Waals surface area contributed by atoms with E-state index in [0.717, 1.165) is 55.6 Å². The molecule has 0 heterocycles. The van der Waals surface area contributed by atoms with Gasteiger partial charge in [-0.15, -0.1) is 0 Å². The highest BCUT2D eigenvalue weighted by Gasteiger charge is 2.36. The van der Waals surface area contributed by atoms with Crippen molar-refractivity contribution in [1.29, 1.82) is 0 Å². The Kier molecular flexibility index (Phi) is 5.09. The molecule has 0 aliphatic heterocycles. The minimum Gasteiger partial charge on any atom is -0.493 e. The molecule has 0 N–H and O–H groups in total. The van der Waals surface area contributed by atoms with Crippen LogP contribution in [0.5, 0.6) is 11.5 Å². The van der Waals surface area contributed by atoms with Crippen molar-refractivity contribution in [2.45, 2.75) is 69.5 Å². The molecule has 0 aromatic heterocycles. The van der Waals surface area contributed by atoms with Crippen molar-refractivity contribution in [3.8, 4) is 11.5 Å². The third-order valence-corrected chi connectivity index (χ3v) is 5.22. The van der Waals surface area contributed by atoms with E-state index in [1.165, 1.54) is 19.3 Å². The Balaban J connectivity index is 1.89. The second-order valence-electron chi connectivity index (χ2n) is 6.66. The minimum absolute atomic E-state index is 0.272. The number of ether oxygens (including phenoxy) is 3. The number of hydrogen-bond acceptors (Lipinski definition) is 4. The molecule has 0 bridgehead atoms. The van der Waals surface area contributed by atoms with Crippen LogP contribution in [0.3, 0.4) is 0 Å². The maximum atomic E-state index is 11.1. The SMILES string of the molecule is COc1ccc(C2(OC=O)CCCCC2)cc1OC1CCCC1. The van der Waals surface area contributed by atoms with Gasteiger partial charge in [-0.2, -0.15) is 0 Å². The summed E-state index contributed by atoms with van der Waals surface area (Å²) in [5.74, 6) is 1.52. The number of methoxy groups -OCH3 is 1. The molecule has 0 radical (unpaired) electrons. The van der Waals surface area contributed by atoms with Crippen LogP contribution < -0.4 is 9.47 Å². The zero-order chi connectivity index (χ0) is 16.1. The largest absolute Gasteiger partial charge is 0.493 e. The maximum Gasteiger partial charge on any atom is 0.293 e. The van der Waals surface area contributed by atoms with Gasteiger partial charge in [-0.05, 0) is 69.1 Å². The summed E-state index contributed by atoms with van der Waals surface area (Å²) in [5.41, 5.74) is 0.526. The smallest absolute Gasteiger partial charge is 0.293 e. The van der Waals surface area contributed by atoms with Gasteiger partial charge in [-0.25, -0.2) is 0 Å². The standard InChI is InChI=1S/C19H26O4/c1-21-17-10-9-15(13-18(17)23-16-7-3-4-8-16)19(22-14-20)11-5-2-6-12-19/h9-10,13-14,16H,2-8,11-12H2,1H3. The van der Waals surface area contributed by atoms with Crippen LogP contribution in [0.25, 0.3) is 0 Å². The van der Waals surface area contributed by atoms with E-state index in [2.05, 4.69) is 0 Å². The monoisotopic (exact) mass is 318 g/mol.